The topological polar surface area (TPSA) is 53.1 Å². The lowest BCUT2D eigenvalue weighted by atomic mass is 10.6. The fourth-order valence-corrected chi connectivity index (χ4v) is 0.866. The molecule has 2 N–H and O–H groups in total. The van der Waals surface area contributed by atoms with Crippen LogP contribution in [-0.4, -0.2) is 29.1 Å². The molecule has 0 fully saturated rings. The van der Waals surface area contributed by atoms with Gasteiger partial charge < -0.3 is 10.5 Å². The van der Waals surface area contributed by atoms with Gasteiger partial charge in [0, 0.05) is 6.54 Å². The Hall–Kier alpha value is -0.950. The summed E-state index contributed by atoms with van der Waals surface area (Å²) in [4.78, 5) is 0. The Bertz CT molecular complexity index is 289. The Kier molecular flexibility index (Phi) is 5.45. The zero-order valence-electron chi connectivity index (χ0n) is 7.70. The summed E-state index contributed by atoms with van der Waals surface area (Å²) < 4.78 is 41.4. The quantitative estimate of drug-likeness (QED) is 0.867. The van der Waals surface area contributed by atoms with Crippen LogP contribution in [0.2, 0.25) is 0 Å². The number of hydrogen-bond acceptors (Lipinski definition) is 3. The van der Waals surface area contributed by atoms with Crippen LogP contribution in [0.1, 0.15) is 0 Å². The molecule has 0 atom stereocenters. The molecule has 1 rings (SSSR count). The number of alkyl halides is 3. The molecular weight excluding hydrogens is 235 g/mol. The van der Waals surface area contributed by atoms with Crippen LogP contribution in [0.15, 0.2) is 12.4 Å². The van der Waals surface area contributed by atoms with Gasteiger partial charge in [0.1, 0.15) is 13.2 Å². The first-order valence-corrected chi connectivity index (χ1v) is 3.93. The maximum atomic E-state index is 11.9. The summed E-state index contributed by atoms with van der Waals surface area (Å²) in [6.45, 7) is -0.541. The van der Waals surface area contributed by atoms with Crippen molar-refractivity contribution in [1.82, 2.24) is 9.78 Å². The largest absolute Gasteiger partial charge is 0.489 e. The predicted octanol–water partition coefficient (Wildman–Crippen LogP) is 1.20. The molecule has 0 unspecified atom stereocenters. The van der Waals surface area contributed by atoms with E-state index in [2.05, 4.69) is 5.10 Å². The van der Waals surface area contributed by atoms with Crippen molar-refractivity contribution in [2.75, 3.05) is 13.2 Å². The number of halogens is 4. The van der Waals surface area contributed by atoms with E-state index >= 15 is 0 Å². The minimum absolute atomic E-state index is 0. The molecule has 0 aromatic carbocycles. The van der Waals surface area contributed by atoms with Crippen molar-refractivity contribution in [1.29, 1.82) is 0 Å². The van der Waals surface area contributed by atoms with Gasteiger partial charge in [0.05, 0.1) is 12.4 Å². The summed E-state index contributed by atoms with van der Waals surface area (Å²) in [5.41, 5.74) is 5.15. The van der Waals surface area contributed by atoms with Gasteiger partial charge in [-0.25, -0.2) is 0 Å². The molecule has 0 amide bonds. The first-order valence-electron chi connectivity index (χ1n) is 3.93. The summed E-state index contributed by atoms with van der Waals surface area (Å²) in [5, 5.41) is 3.49. The number of nitrogens with two attached hydrogens (primary N) is 1. The first kappa shape index (κ1) is 14.0. The fraction of sp³-hybridized carbons (Fsp3) is 0.571. The molecule has 1 aromatic rings. The maximum Gasteiger partial charge on any atom is 0.408 e. The van der Waals surface area contributed by atoms with Gasteiger partial charge in [-0.15, -0.1) is 12.4 Å². The van der Waals surface area contributed by atoms with Gasteiger partial charge in [-0.05, 0) is 0 Å². The smallest absolute Gasteiger partial charge is 0.408 e. The van der Waals surface area contributed by atoms with Gasteiger partial charge in [0.2, 0.25) is 0 Å². The van der Waals surface area contributed by atoms with E-state index in [0.717, 1.165) is 4.68 Å². The average molecular weight is 246 g/mol. The molecule has 1 heterocycles. The maximum absolute atomic E-state index is 11.9. The number of aromatic nitrogens is 2. The van der Waals surface area contributed by atoms with Crippen molar-refractivity contribution in [3.63, 3.8) is 0 Å². The fourth-order valence-electron chi connectivity index (χ4n) is 0.866. The van der Waals surface area contributed by atoms with E-state index in [0.29, 0.717) is 12.3 Å². The Morgan fingerprint density at radius 1 is 1.47 bits per heavy atom. The molecule has 0 spiro atoms. The van der Waals surface area contributed by atoms with Crippen molar-refractivity contribution in [2.24, 2.45) is 5.73 Å². The third-order valence-electron chi connectivity index (χ3n) is 1.34. The van der Waals surface area contributed by atoms with E-state index in [4.69, 9.17) is 10.5 Å². The minimum Gasteiger partial charge on any atom is -0.489 e. The lowest BCUT2D eigenvalue weighted by Gasteiger charge is -2.05. The van der Waals surface area contributed by atoms with Crippen molar-refractivity contribution >= 4 is 12.4 Å². The van der Waals surface area contributed by atoms with Crippen LogP contribution in [-0.2, 0) is 6.54 Å². The van der Waals surface area contributed by atoms with Crippen molar-refractivity contribution in [2.45, 2.75) is 12.7 Å². The van der Waals surface area contributed by atoms with Crippen LogP contribution in [0.25, 0.3) is 0 Å². The molecule has 1 aromatic heterocycles. The summed E-state index contributed by atoms with van der Waals surface area (Å²) in [7, 11) is 0. The standard InChI is InChI=1S/C7H10F3N3O.ClH/c8-7(9,10)5-13-4-6(3-12-13)14-2-1-11;/h3-4H,1-2,5,11H2;1H. The summed E-state index contributed by atoms with van der Waals surface area (Å²) in [6.07, 6.45) is -1.86. The summed E-state index contributed by atoms with van der Waals surface area (Å²) in [6, 6.07) is 0. The van der Waals surface area contributed by atoms with Crippen LogP contribution in [0.5, 0.6) is 5.75 Å². The van der Waals surface area contributed by atoms with E-state index in [-0.39, 0.29) is 19.0 Å². The average Bonchev–Trinajstić information content (AvgIpc) is 2.46. The summed E-state index contributed by atoms with van der Waals surface area (Å²) in [5.74, 6) is 0.291. The second kappa shape index (κ2) is 5.82. The van der Waals surface area contributed by atoms with Gasteiger partial charge in [0.25, 0.3) is 0 Å². The van der Waals surface area contributed by atoms with Gasteiger partial charge in [-0.2, -0.15) is 18.3 Å². The molecule has 15 heavy (non-hydrogen) atoms. The molecular formula is C7H11ClF3N3O. The van der Waals surface area contributed by atoms with E-state index in [1.807, 2.05) is 0 Å². The first-order chi connectivity index (χ1) is 6.51. The molecule has 0 bridgehead atoms. The van der Waals surface area contributed by atoms with Crippen LogP contribution in [0, 0.1) is 0 Å². The Labute approximate surface area is 90.6 Å². The molecule has 0 radical (unpaired) electrons. The van der Waals surface area contributed by atoms with Crippen molar-refractivity contribution in [3.05, 3.63) is 12.4 Å². The lowest BCUT2D eigenvalue weighted by Crippen LogP contribution is -2.17. The highest BCUT2D eigenvalue weighted by Crippen LogP contribution is 2.18. The molecule has 0 aliphatic carbocycles. The number of ether oxygens (including phenoxy) is 1. The normalized spacial score (nSPS) is 10.9. The Balaban J connectivity index is 0.00000196. The van der Waals surface area contributed by atoms with E-state index in [1.165, 1.54) is 12.4 Å². The molecule has 0 saturated carbocycles. The Morgan fingerprint density at radius 3 is 2.67 bits per heavy atom. The zero-order chi connectivity index (χ0) is 10.6. The van der Waals surface area contributed by atoms with Crippen molar-refractivity contribution < 1.29 is 17.9 Å². The van der Waals surface area contributed by atoms with Crippen molar-refractivity contribution in [3.8, 4) is 5.75 Å². The molecule has 0 aliphatic rings. The highest BCUT2D eigenvalue weighted by molar-refractivity contribution is 5.85. The molecule has 0 saturated heterocycles. The number of nitrogens with zero attached hydrogens (tertiary/aromatic N) is 2. The van der Waals surface area contributed by atoms with Crippen LogP contribution < -0.4 is 10.5 Å². The molecule has 8 heteroatoms. The van der Waals surface area contributed by atoms with E-state index < -0.39 is 12.7 Å². The van der Waals surface area contributed by atoms with Crippen LogP contribution in [0.4, 0.5) is 13.2 Å². The third-order valence-corrected chi connectivity index (χ3v) is 1.34. The zero-order valence-corrected chi connectivity index (χ0v) is 8.51. The highest BCUT2D eigenvalue weighted by atomic mass is 35.5. The predicted molar refractivity (Wildman–Crippen MR) is 50.1 cm³/mol. The van der Waals surface area contributed by atoms with Gasteiger partial charge in [0.15, 0.2) is 5.75 Å². The van der Waals surface area contributed by atoms with Gasteiger partial charge in [-0.3, -0.25) is 4.68 Å². The van der Waals surface area contributed by atoms with Gasteiger partial charge in [-0.1, -0.05) is 0 Å². The second-order valence-electron chi connectivity index (χ2n) is 2.63. The molecule has 88 valence electrons. The molecule has 0 aliphatic heterocycles. The minimum atomic E-state index is -4.27. The molecule has 4 nitrogen and oxygen atoms in total. The van der Waals surface area contributed by atoms with Crippen LogP contribution >= 0.6 is 12.4 Å². The van der Waals surface area contributed by atoms with E-state index in [9.17, 15) is 13.2 Å². The summed E-state index contributed by atoms with van der Waals surface area (Å²) >= 11 is 0. The SMILES string of the molecule is Cl.NCCOc1cnn(CC(F)(F)F)c1. The van der Waals surface area contributed by atoms with E-state index in [1.54, 1.807) is 0 Å². The monoisotopic (exact) mass is 245 g/mol. The lowest BCUT2D eigenvalue weighted by molar-refractivity contribution is -0.142. The third kappa shape index (κ3) is 5.48. The van der Waals surface area contributed by atoms with Crippen LogP contribution in [0.3, 0.4) is 0 Å². The number of rotatable bonds is 4. The second-order valence-corrected chi connectivity index (χ2v) is 2.63. The van der Waals surface area contributed by atoms with Gasteiger partial charge >= 0.3 is 6.18 Å². The highest BCUT2D eigenvalue weighted by Gasteiger charge is 2.28. The number of hydrogen-bond donors (Lipinski definition) is 1. The Morgan fingerprint density at radius 2 is 2.13 bits per heavy atom.